The van der Waals surface area contributed by atoms with Crippen molar-refractivity contribution in [3.63, 3.8) is 0 Å². The summed E-state index contributed by atoms with van der Waals surface area (Å²) in [6.45, 7) is 1.03. The molecule has 10 nitrogen and oxygen atoms in total. The summed E-state index contributed by atoms with van der Waals surface area (Å²) in [6, 6.07) is 0. The SMILES string of the molecule is CC1CC2CC3(COCC(F)(F)S(=O)(=O)O)CC(C23)C1(O)C(C)CC1C2C(O)C3CC4(COCC(F)(F)S(=O)(=O)O)CC12C34. The van der Waals surface area contributed by atoms with Crippen molar-refractivity contribution >= 4 is 20.2 Å². The van der Waals surface area contributed by atoms with Gasteiger partial charge in [0.05, 0.1) is 24.9 Å². The fraction of sp³-hybridized carbons (Fsp3) is 1.00. The lowest BCUT2D eigenvalue weighted by molar-refractivity contribution is -0.319. The predicted molar refractivity (Wildman–Crippen MR) is 143 cm³/mol. The highest BCUT2D eigenvalue weighted by Crippen LogP contribution is 2.93. The maximum atomic E-state index is 13.7. The molecule has 1 spiro atoms. The molecule has 14 unspecified atom stereocenters. The molecular weight excluding hydrogens is 636 g/mol. The largest absolute Gasteiger partial charge is 0.393 e. The maximum Gasteiger partial charge on any atom is 0.392 e. The normalized spacial score (nSPS) is 50.6. The fourth-order valence-corrected chi connectivity index (χ4v) is 12.9. The van der Waals surface area contributed by atoms with E-state index < -0.39 is 66.5 Å². The summed E-state index contributed by atoms with van der Waals surface area (Å²) in [6.07, 6.45) is 3.52. The lowest BCUT2D eigenvalue weighted by Gasteiger charge is -2.75. The van der Waals surface area contributed by atoms with Crippen molar-refractivity contribution < 1.29 is 63.2 Å². The fourth-order valence-electron chi connectivity index (χ4n) is 12.4. The average Bonchev–Trinajstić information content (AvgIpc) is 3.46. The number of halogens is 4. The summed E-state index contributed by atoms with van der Waals surface area (Å²) >= 11 is 0. The van der Waals surface area contributed by atoms with Gasteiger partial charge in [0, 0.05) is 0 Å². The van der Waals surface area contributed by atoms with Gasteiger partial charge in [-0.1, -0.05) is 13.8 Å². The summed E-state index contributed by atoms with van der Waals surface area (Å²) in [5.41, 5.74) is -1.97. The van der Waals surface area contributed by atoms with E-state index in [1.54, 1.807) is 0 Å². The van der Waals surface area contributed by atoms with Gasteiger partial charge in [0.25, 0.3) is 0 Å². The first-order valence-corrected chi connectivity index (χ1v) is 18.2. The van der Waals surface area contributed by atoms with Crippen LogP contribution >= 0.6 is 0 Å². The van der Waals surface area contributed by atoms with Gasteiger partial charge in [-0.3, -0.25) is 9.11 Å². The number of ether oxygens (including phenoxy) is 2. The van der Waals surface area contributed by atoms with E-state index in [1.165, 1.54) is 0 Å². The highest BCUT2D eigenvalue weighted by molar-refractivity contribution is 7.87. The summed E-state index contributed by atoms with van der Waals surface area (Å²) in [7, 11) is -11.2. The third-order valence-corrected chi connectivity index (χ3v) is 15.6. The van der Waals surface area contributed by atoms with E-state index in [2.05, 4.69) is 0 Å². The number of alkyl halides is 4. The Balaban J connectivity index is 0.981. The zero-order chi connectivity index (χ0) is 32.3. The van der Waals surface area contributed by atoms with Crippen LogP contribution < -0.4 is 0 Å². The molecule has 14 atom stereocenters. The molecule has 4 N–H and O–H groups in total. The monoisotopic (exact) mass is 676 g/mol. The summed E-state index contributed by atoms with van der Waals surface area (Å²) < 4.78 is 126. The van der Waals surface area contributed by atoms with Gasteiger partial charge in [0.1, 0.15) is 13.2 Å². The molecule has 0 bridgehead atoms. The van der Waals surface area contributed by atoms with Crippen molar-refractivity contribution in [2.45, 2.75) is 74.6 Å². The molecule has 0 amide bonds. The second-order valence-corrected chi connectivity index (χ2v) is 18.7. The van der Waals surface area contributed by atoms with Crippen molar-refractivity contribution in [2.75, 3.05) is 26.4 Å². The maximum absolute atomic E-state index is 13.7. The summed E-state index contributed by atoms with van der Waals surface area (Å²) in [4.78, 5) is 0. The molecule has 0 aromatic carbocycles. The number of hydrogen-bond donors (Lipinski definition) is 4. The highest BCUT2D eigenvalue weighted by Gasteiger charge is 2.91. The Bertz CT molecular complexity index is 1460. The third kappa shape index (κ3) is 3.85. The van der Waals surface area contributed by atoms with Gasteiger partial charge in [0.15, 0.2) is 0 Å². The van der Waals surface area contributed by atoms with Crippen molar-refractivity contribution in [3.8, 4) is 0 Å². The van der Waals surface area contributed by atoms with E-state index in [4.69, 9.17) is 18.6 Å². The van der Waals surface area contributed by atoms with Crippen LogP contribution in [0.4, 0.5) is 17.6 Å². The number of rotatable bonds is 13. The average molecular weight is 677 g/mol. The highest BCUT2D eigenvalue weighted by atomic mass is 32.2. The van der Waals surface area contributed by atoms with Crippen molar-refractivity contribution in [2.24, 2.45) is 69.5 Å². The molecule has 0 radical (unpaired) electrons. The lowest BCUT2D eigenvalue weighted by atomic mass is 9.31. The van der Waals surface area contributed by atoms with Gasteiger partial charge in [-0.05, 0) is 108 Å². The second-order valence-electron chi connectivity index (χ2n) is 15.7. The van der Waals surface area contributed by atoms with Crippen LogP contribution in [-0.4, -0.2) is 84.8 Å². The Labute approximate surface area is 253 Å². The zero-order valence-electron chi connectivity index (χ0n) is 24.4. The molecule has 0 aliphatic heterocycles. The van der Waals surface area contributed by atoms with Crippen molar-refractivity contribution in [1.82, 2.24) is 0 Å². The van der Waals surface area contributed by atoms with Crippen LogP contribution in [0.25, 0.3) is 0 Å². The van der Waals surface area contributed by atoms with E-state index >= 15 is 0 Å². The Hall–Kier alpha value is -0.620. The second kappa shape index (κ2) is 9.08. The van der Waals surface area contributed by atoms with E-state index in [9.17, 15) is 44.6 Å². The van der Waals surface area contributed by atoms with E-state index in [1.807, 2.05) is 13.8 Å². The smallest absolute Gasteiger partial charge is 0.392 e. The van der Waals surface area contributed by atoms with Crippen molar-refractivity contribution in [3.05, 3.63) is 0 Å². The number of aliphatic hydroxyl groups is 2. The molecule has 44 heavy (non-hydrogen) atoms. The lowest BCUT2D eigenvalue weighted by Crippen LogP contribution is -2.74. The first kappa shape index (κ1) is 32.0. The van der Waals surface area contributed by atoms with Gasteiger partial charge in [-0.2, -0.15) is 34.4 Å². The molecule has 7 fully saturated rings. The first-order valence-electron chi connectivity index (χ1n) is 15.3. The van der Waals surface area contributed by atoms with E-state index in [-0.39, 0.29) is 66.0 Å². The number of aliphatic hydroxyl groups excluding tert-OH is 1. The van der Waals surface area contributed by atoms with Crippen LogP contribution in [0.15, 0.2) is 0 Å². The van der Waals surface area contributed by atoms with Gasteiger partial charge >= 0.3 is 30.7 Å². The Kier molecular flexibility index (Phi) is 6.60. The van der Waals surface area contributed by atoms with Crippen LogP contribution in [0.3, 0.4) is 0 Å². The first-order chi connectivity index (χ1) is 20.1. The van der Waals surface area contributed by atoms with Gasteiger partial charge < -0.3 is 19.7 Å². The molecule has 252 valence electrons. The van der Waals surface area contributed by atoms with E-state index in [0.717, 1.165) is 12.8 Å². The molecule has 0 saturated heterocycles. The third-order valence-electron chi connectivity index (χ3n) is 13.9. The summed E-state index contributed by atoms with van der Waals surface area (Å²) in [5.74, 6) is 0.484. The minimum atomic E-state index is -5.58. The van der Waals surface area contributed by atoms with Crippen LogP contribution in [0.2, 0.25) is 0 Å². The molecule has 7 rings (SSSR count). The van der Waals surface area contributed by atoms with Crippen LogP contribution in [0, 0.1) is 69.5 Å². The molecule has 0 heterocycles. The van der Waals surface area contributed by atoms with Crippen LogP contribution in [0.5, 0.6) is 0 Å². The molecule has 16 heteroatoms. The Morgan fingerprint density at radius 1 is 0.909 bits per heavy atom. The topological polar surface area (TPSA) is 168 Å². The molecule has 7 aliphatic rings. The van der Waals surface area contributed by atoms with Crippen LogP contribution in [-0.2, 0) is 29.7 Å². The minimum absolute atomic E-state index is 0.0114. The minimum Gasteiger partial charge on any atom is -0.393 e. The van der Waals surface area contributed by atoms with Crippen molar-refractivity contribution in [1.29, 1.82) is 0 Å². The predicted octanol–water partition coefficient (Wildman–Crippen LogP) is 3.05. The molecule has 0 aromatic rings. The number of hydrogen-bond acceptors (Lipinski definition) is 8. The van der Waals surface area contributed by atoms with Crippen LogP contribution in [0.1, 0.15) is 52.4 Å². The molecule has 7 saturated carbocycles. The standard InChI is InChI=1S/C28H40F4O10S2/c1-13-3-15-5-23(9-41-11-26(29,30)43(35,36)37)7-18(19(15)23)28(13,34)14(2)4-17-20-21(33)16-6-24(8-25(17,20)22(16)24)10-42-12-27(31,32)44(38,39)40/h13-22,33-34H,3-12H2,1-2H3,(H,35,36,37)(H,38,39,40). The Morgan fingerprint density at radius 2 is 1.48 bits per heavy atom. The Morgan fingerprint density at radius 3 is 2.05 bits per heavy atom. The molecule has 7 aliphatic carbocycles. The zero-order valence-corrected chi connectivity index (χ0v) is 26.0. The quantitative estimate of drug-likeness (QED) is 0.168. The molecular formula is C28H40F4O10S2. The van der Waals surface area contributed by atoms with E-state index in [0.29, 0.717) is 31.6 Å². The van der Waals surface area contributed by atoms with Gasteiger partial charge in [-0.15, -0.1) is 0 Å². The van der Waals surface area contributed by atoms with Gasteiger partial charge in [-0.25, -0.2) is 0 Å². The van der Waals surface area contributed by atoms with Gasteiger partial charge in [0.2, 0.25) is 0 Å². The molecule has 0 aromatic heterocycles. The summed E-state index contributed by atoms with van der Waals surface area (Å²) in [5, 5.41) is 14.6.